The molecule has 2 aromatic rings. The topological polar surface area (TPSA) is 101 Å². The van der Waals surface area contributed by atoms with Crippen molar-refractivity contribution in [1.29, 1.82) is 0 Å². The normalized spacial score (nSPS) is 11.5. The van der Waals surface area contributed by atoms with Gasteiger partial charge < -0.3 is 5.32 Å². The van der Waals surface area contributed by atoms with E-state index in [0.717, 1.165) is 0 Å². The summed E-state index contributed by atoms with van der Waals surface area (Å²) < 4.78 is 41.6. The molecular weight excluding hydrogens is 329 g/mol. The fourth-order valence-corrected chi connectivity index (χ4v) is 1.76. The maximum atomic E-state index is 12.4. The Morgan fingerprint density at radius 2 is 2.18 bits per heavy atom. The van der Waals surface area contributed by atoms with Crippen LogP contribution in [0.4, 0.5) is 13.2 Å². The highest BCUT2D eigenvalue weighted by Crippen LogP contribution is 2.30. The molecule has 0 atom stereocenters. The van der Waals surface area contributed by atoms with Crippen LogP contribution in [0.25, 0.3) is 0 Å². The molecule has 118 valence electrons. The lowest BCUT2D eigenvalue weighted by molar-refractivity contribution is -0.137. The van der Waals surface area contributed by atoms with Gasteiger partial charge in [0, 0.05) is 19.2 Å². The predicted molar refractivity (Wildman–Crippen MR) is 67.4 cm³/mol. The van der Waals surface area contributed by atoms with Crippen LogP contribution in [0.3, 0.4) is 0 Å². The number of nitrogens with one attached hydrogen (secondary N) is 2. The van der Waals surface area contributed by atoms with Gasteiger partial charge in [-0.15, -0.1) is 0 Å². The Bertz CT molecular complexity index is 741. The Hall–Kier alpha value is -2.36. The summed E-state index contributed by atoms with van der Waals surface area (Å²) in [6, 6.07) is 0.624. The minimum Gasteiger partial charge on any atom is -0.350 e. The Balaban J connectivity index is 1.99. The van der Waals surface area contributed by atoms with Crippen LogP contribution in [-0.2, 0) is 12.6 Å². The molecule has 11 heteroatoms. The van der Waals surface area contributed by atoms with Gasteiger partial charge in [-0.05, 0) is 6.07 Å². The molecule has 0 aromatic carbocycles. The minimum atomic E-state index is -4.59. The zero-order valence-electron chi connectivity index (χ0n) is 10.7. The van der Waals surface area contributed by atoms with E-state index in [4.69, 9.17) is 11.6 Å². The van der Waals surface area contributed by atoms with Crippen LogP contribution in [0, 0.1) is 0 Å². The number of aromatic nitrogens is 3. The lowest BCUT2D eigenvalue weighted by atomic mass is 10.2. The third-order valence-corrected chi connectivity index (χ3v) is 2.80. The highest BCUT2D eigenvalue weighted by Gasteiger charge is 2.32. The molecule has 0 bridgehead atoms. The van der Waals surface area contributed by atoms with Gasteiger partial charge in [0.05, 0.1) is 10.6 Å². The molecule has 0 radical (unpaired) electrons. The molecule has 0 saturated carbocycles. The van der Waals surface area contributed by atoms with Crippen LogP contribution < -0.4 is 11.1 Å². The monoisotopic (exact) mass is 336 g/mol. The Labute approximate surface area is 125 Å². The number of carbonyl (C=O) groups excluding carboxylic acids is 1. The molecule has 0 aliphatic carbocycles. The molecule has 7 nitrogen and oxygen atoms in total. The van der Waals surface area contributed by atoms with Gasteiger partial charge in [0.25, 0.3) is 5.91 Å². The van der Waals surface area contributed by atoms with E-state index in [9.17, 15) is 22.8 Å². The van der Waals surface area contributed by atoms with Crippen molar-refractivity contribution in [3.05, 3.63) is 44.9 Å². The molecule has 0 aliphatic rings. The van der Waals surface area contributed by atoms with Crippen LogP contribution >= 0.6 is 11.6 Å². The summed E-state index contributed by atoms with van der Waals surface area (Å²) in [5.41, 5.74) is -1.38. The smallest absolute Gasteiger partial charge is 0.350 e. The Morgan fingerprint density at radius 3 is 2.73 bits per heavy atom. The minimum absolute atomic E-state index is 0.0559. The maximum Gasteiger partial charge on any atom is 0.438 e. The van der Waals surface area contributed by atoms with Gasteiger partial charge in [-0.3, -0.25) is 14.3 Å². The molecule has 2 rings (SSSR count). The fraction of sp³-hybridized carbons (Fsp3) is 0.273. The van der Waals surface area contributed by atoms with E-state index in [1.165, 1.54) is 0 Å². The first-order chi connectivity index (χ1) is 10.3. The van der Waals surface area contributed by atoms with Crippen molar-refractivity contribution >= 4 is 17.5 Å². The quantitative estimate of drug-likeness (QED) is 0.879. The van der Waals surface area contributed by atoms with Crippen LogP contribution in [0.1, 0.15) is 21.9 Å². The summed E-state index contributed by atoms with van der Waals surface area (Å²) in [6.45, 7) is 0.0559. The number of rotatable bonds is 4. The number of H-pyrrole nitrogens is 1. The van der Waals surface area contributed by atoms with Gasteiger partial charge in [0.15, 0.2) is 5.82 Å². The fourth-order valence-electron chi connectivity index (χ4n) is 1.51. The predicted octanol–water partition coefficient (Wildman–Crippen LogP) is 1.40. The first-order valence-corrected chi connectivity index (χ1v) is 6.21. The molecular formula is C11H8ClF3N4O3. The summed E-state index contributed by atoms with van der Waals surface area (Å²) in [7, 11) is 0. The molecule has 2 heterocycles. The second-order valence-corrected chi connectivity index (χ2v) is 4.51. The number of alkyl halides is 3. The van der Waals surface area contributed by atoms with Gasteiger partial charge in [-0.2, -0.15) is 13.2 Å². The second-order valence-electron chi connectivity index (χ2n) is 4.10. The van der Waals surface area contributed by atoms with E-state index in [1.54, 1.807) is 0 Å². The van der Waals surface area contributed by atoms with Gasteiger partial charge in [-0.25, -0.2) is 9.78 Å². The summed E-state index contributed by atoms with van der Waals surface area (Å²) in [6.07, 6.45) is -3.91. The number of amides is 1. The lowest BCUT2D eigenvalue weighted by Crippen LogP contribution is -2.27. The van der Waals surface area contributed by atoms with Crippen LogP contribution in [0.5, 0.6) is 0 Å². The van der Waals surface area contributed by atoms with Crippen molar-refractivity contribution in [1.82, 2.24) is 20.4 Å². The summed E-state index contributed by atoms with van der Waals surface area (Å²) in [5, 5.41) is 5.35. The Morgan fingerprint density at radius 1 is 1.45 bits per heavy atom. The van der Waals surface area contributed by atoms with E-state index in [0.29, 0.717) is 12.3 Å². The molecule has 1 amide bonds. The first kappa shape index (κ1) is 16.0. The van der Waals surface area contributed by atoms with E-state index in [-0.39, 0.29) is 24.5 Å². The summed E-state index contributed by atoms with van der Waals surface area (Å²) >= 11 is 5.63. The van der Waals surface area contributed by atoms with Crippen molar-refractivity contribution in [3.8, 4) is 0 Å². The largest absolute Gasteiger partial charge is 0.438 e. The van der Waals surface area contributed by atoms with Crippen LogP contribution in [0.15, 0.2) is 21.6 Å². The third kappa shape index (κ3) is 3.85. The number of pyridine rings is 1. The molecule has 0 fully saturated rings. The maximum absolute atomic E-state index is 12.4. The van der Waals surface area contributed by atoms with Gasteiger partial charge in [0.1, 0.15) is 5.69 Å². The van der Waals surface area contributed by atoms with Crippen LogP contribution in [-0.4, -0.2) is 27.6 Å². The Kier molecular flexibility index (Phi) is 4.50. The number of aromatic amines is 1. The number of carbonyl (C=O) groups is 1. The first-order valence-electron chi connectivity index (χ1n) is 5.83. The summed E-state index contributed by atoms with van der Waals surface area (Å²) in [5.74, 6) is -1.25. The average Bonchev–Trinajstić information content (AvgIpc) is 2.83. The van der Waals surface area contributed by atoms with Crippen LogP contribution in [0.2, 0.25) is 5.02 Å². The third-order valence-electron chi connectivity index (χ3n) is 2.52. The van der Waals surface area contributed by atoms with Gasteiger partial charge in [0.2, 0.25) is 0 Å². The molecule has 0 spiro atoms. The van der Waals surface area contributed by atoms with Crippen molar-refractivity contribution in [2.75, 3.05) is 6.54 Å². The van der Waals surface area contributed by atoms with Crippen molar-refractivity contribution in [2.24, 2.45) is 0 Å². The molecule has 2 N–H and O–H groups in total. The molecule has 0 unspecified atom stereocenters. The number of halogens is 4. The van der Waals surface area contributed by atoms with Gasteiger partial charge >= 0.3 is 11.9 Å². The van der Waals surface area contributed by atoms with E-state index < -0.39 is 28.4 Å². The highest BCUT2D eigenvalue weighted by molar-refractivity contribution is 6.33. The van der Waals surface area contributed by atoms with Crippen molar-refractivity contribution < 1.29 is 22.5 Å². The van der Waals surface area contributed by atoms with Gasteiger partial charge in [-0.1, -0.05) is 16.8 Å². The highest BCUT2D eigenvalue weighted by atomic mass is 35.5. The average molecular weight is 337 g/mol. The zero-order chi connectivity index (χ0) is 16.3. The SMILES string of the molecule is O=C(NCCc1noc(=O)[nH]1)c1ncc(C(F)(F)F)cc1Cl. The number of nitrogens with zero attached hydrogens (tertiary/aromatic N) is 2. The molecule has 2 aromatic heterocycles. The standard InChI is InChI=1S/C11H8ClF3N4O3/c12-6-3-5(11(13,14)15)4-17-8(6)9(20)16-2-1-7-18-10(21)22-19-7/h3-4H,1-2H2,(H,16,20)(H,18,19,21). The van der Waals surface area contributed by atoms with E-state index >= 15 is 0 Å². The number of hydrogen-bond donors (Lipinski definition) is 2. The van der Waals surface area contributed by atoms with Crippen molar-refractivity contribution in [3.63, 3.8) is 0 Å². The molecule has 0 saturated heterocycles. The molecule has 22 heavy (non-hydrogen) atoms. The second kappa shape index (κ2) is 6.18. The summed E-state index contributed by atoms with van der Waals surface area (Å²) in [4.78, 5) is 28.1. The lowest BCUT2D eigenvalue weighted by Gasteiger charge is -2.09. The molecule has 0 aliphatic heterocycles. The number of hydrogen-bond acceptors (Lipinski definition) is 5. The zero-order valence-corrected chi connectivity index (χ0v) is 11.5. The van der Waals surface area contributed by atoms with E-state index in [2.05, 4.69) is 25.0 Å². The van der Waals surface area contributed by atoms with E-state index in [1.807, 2.05) is 0 Å². The van der Waals surface area contributed by atoms with Crippen molar-refractivity contribution in [2.45, 2.75) is 12.6 Å².